The summed E-state index contributed by atoms with van der Waals surface area (Å²) in [4.78, 5) is 35.5. The van der Waals surface area contributed by atoms with Crippen molar-refractivity contribution in [2.24, 2.45) is 0 Å². The van der Waals surface area contributed by atoms with Gasteiger partial charge in [-0.1, -0.05) is 0 Å². The molecule has 0 aliphatic carbocycles. The maximum atomic E-state index is 12.1. The van der Waals surface area contributed by atoms with Crippen molar-refractivity contribution in [2.75, 3.05) is 19.5 Å². The average molecular weight is 396 g/mol. The summed E-state index contributed by atoms with van der Waals surface area (Å²) >= 11 is 3.24. The quantitative estimate of drug-likeness (QED) is 0.775. The first-order valence-electron chi connectivity index (χ1n) is 6.72. The summed E-state index contributed by atoms with van der Waals surface area (Å²) in [6.07, 6.45) is 3.20. The number of anilines is 1. The van der Waals surface area contributed by atoms with Crippen molar-refractivity contribution < 1.29 is 23.9 Å². The highest BCUT2D eigenvalue weighted by Gasteiger charge is 2.15. The number of esters is 2. The lowest BCUT2D eigenvalue weighted by Crippen LogP contribution is -2.19. The predicted octanol–water partition coefficient (Wildman–Crippen LogP) is 1.86. The molecule has 0 saturated carbocycles. The fourth-order valence-electron chi connectivity index (χ4n) is 1.94. The Kier molecular flexibility index (Phi) is 5.69. The monoisotopic (exact) mass is 395 g/mol. The fourth-order valence-corrected chi connectivity index (χ4v) is 2.27. The molecule has 1 aromatic heterocycles. The Morgan fingerprint density at radius 3 is 2.17 bits per heavy atom. The number of amides is 1. The van der Waals surface area contributed by atoms with E-state index >= 15 is 0 Å². The largest absolute Gasteiger partial charge is 0.465 e. The van der Waals surface area contributed by atoms with Crippen LogP contribution in [0, 0.1) is 0 Å². The molecule has 0 unspecified atom stereocenters. The third kappa shape index (κ3) is 4.42. The summed E-state index contributed by atoms with van der Waals surface area (Å²) < 4.78 is 11.5. The minimum Gasteiger partial charge on any atom is -0.465 e. The number of ether oxygens (including phenoxy) is 2. The molecule has 1 amide bonds. The van der Waals surface area contributed by atoms with Crippen molar-refractivity contribution in [3.63, 3.8) is 0 Å². The molecule has 9 heteroatoms. The second-order valence-corrected chi connectivity index (χ2v) is 5.60. The molecule has 0 fully saturated rings. The molecule has 24 heavy (non-hydrogen) atoms. The lowest BCUT2D eigenvalue weighted by molar-refractivity contribution is -0.116. The summed E-state index contributed by atoms with van der Waals surface area (Å²) in [5.74, 6) is -1.64. The Morgan fingerprint density at radius 1 is 1.12 bits per heavy atom. The van der Waals surface area contributed by atoms with E-state index < -0.39 is 11.9 Å². The smallest absolute Gasteiger partial charge is 0.337 e. The maximum Gasteiger partial charge on any atom is 0.337 e. The normalized spacial score (nSPS) is 10.1. The first-order chi connectivity index (χ1) is 11.4. The molecule has 126 valence electrons. The molecular formula is C15H14BrN3O5. The van der Waals surface area contributed by atoms with Crippen LogP contribution in [0.15, 0.2) is 35.1 Å². The van der Waals surface area contributed by atoms with Gasteiger partial charge in [0.05, 0.1) is 36.0 Å². The van der Waals surface area contributed by atoms with Gasteiger partial charge < -0.3 is 14.8 Å². The molecule has 1 N–H and O–H groups in total. The third-order valence-corrected chi connectivity index (χ3v) is 3.38. The topological polar surface area (TPSA) is 99.5 Å². The second-order valence-electron chi connectivity index (χ2n) is 4.69. The molecular weight excluding hydrogens is 382 g/mol. The van der Waals surface area contributed by atoms with Crippen molar-refractivity contribution in [2.45, 2.75) is 6.54 Å². The zero-order valence-electron chi connectivity index (χ0n) is 12.9. The molecule has 2 aromatic rings. The summed E-state index contributed by atoms with van der Waals surface area (Å²) in [6, 6.07) is 4.16. The number of carbonyl (C=O) groups is 3. The number of benzene rings is 1. The Hall–Kier alpha value is -2.68. The molecule has 0 aliphatic rings. The van der Waals surface area contributed by atoms with Crippen LogP contribution in [0.1, 0.15) is 20.7 Å². The van der Waals surface area contributed by atoms with Gasteiger partial charge in [-0.25, -0.2) is 9.59 Å². The maximum absolute atomic E-state index is 12.1. The number of nitrogens with one attached hydrogen (secondary N) is 1. The summed E-state index contributed by atoms with van der Waals surface area (Å²) in [7, 11) is 2.45. The van der Waals surface area contributed by atoms with Crippen LogP contribution in [-0.2, 0) is 20.8 Å². The van der Waals surface area contributed by atoms with Crippen LogP contribution in [0.3, 0.4) is 0 Å². The molecule has 0 saturated heterocycles. The number of carbonyl (C=O) groups excluding carboxylic acids is 3. The molecule has 0 radical (unpaired) electrons. The van der Waals surface area contributed by atoms with Crippen LogP contribution in [0.2, 0.25) is 0 Å². The molecule has 8 nitrogen and oxygen atoms in total. The molecule has 2 rings (SSSR count). The van der Waals surface area contributed by atoms with Crippen LogP contribution in [0.5, 0.6) is 0 Å². The van der Waals surface area contributed by atoms with Gasteiger partial charge in [-0.3, -0.25) is 9.48 Å². The van der Waals surface area contributed by atoms with Crippen LogP contribution in [-0.4, -0.2) is 41.8 Å². The predicted molar refractivity (Wildman–Crippen MR) is 87.7 cm³/mol. The summed E-state index contributed by atoms with van der Waals surface area (Å²) in [6.45, 7) is -0.0262. The van der Waals surface area contributed by atoms with Gasteiger partial charge in [-0.2, -0.15) is 5.10 Å². The van der Waals surface area contributed by atoms with Gasteiger partial charge in [0.2, 0.25) is 5.91 Å². The Morgan fingerprint density at radius 2 is 1.71 bits per heavy atom. The lowest BCUT2D eigenvalue weighted by atomic mass is 10.1. The molecule has 0 aliphatic heterocycles. The van der Waals surface area contributed by atoms with Gasteiger partial charge in [0.1, 0.15) is 6.54 Å². The van der Waals surface area contributed by atoms with Crippen molar-refractivity contribution >= 4 is 39.5 Å². The minimum atomic E-state index is -0.632. The average Bonchev–Trinajstić information content (AvgIpc) is 2.97. The number of hydrogen-bond donors (Lipinski definition) is 1. The molecule has 0 atom stereocenters. The highest BCUT2D eigenvalue weighted by atomic mass is 79.9. The van der Waals surface area contributed by atoms with Gasteiger partial charge in [0.25, 0.3) is 0 Å². The number of aromatic nitrogens is 2. The number of hydrogen-bond acceptors (Lipinski definition) is 6. The van der Waals surface area contributed by atoms with Crippen molar-refractivity contribution in [1.29, 1.82) is 0 Å². The van der Waals surface area contributed by atoms with Crippen molar-refractivity contribution in [3.8, 4) is 0 Å². The zero-order valence-corrected chi connectivity index (χ0v) is 14.5. The third-order valence-electron chi connectivity index (χ3n) is 2.97. The van der Waals surface area contributed by atoms with E-state index in [1.807, 2.05) is 0 Å². The highest BCUT2D eigenvalue weighted by molar-refractivity contribution is 9.10. The first-order valence-corrected chi connectivity index (χ1v) is 7.51. The number of nitrogens with zero attached hydrogens (tertiary/aromatic N) is 2. The number of halogens is 1. The Labute approximate surface area is 145 Å². The van der Waals surface area contributed by atoms with E-state index in [9.17, 15) is 14.4 Å². The highest BCUT2D eigenvalue weighted by Crippen LogP contribution is 2.17. The van der Waals surface area contributed by atoms with Gasteiger partial charge >= 0.3 is 11.9 Å². The van der Waals surface area contributed by atoms with E-state index in [1.165, 1.54) is 37.1 Å². The summed E-state index contributed by atoms with van der Waals surface area (Å²) in [5, 5.41) is 6.58. The van der Waals surface area contributed by atoms with E-state index in [1.54, 1.807) is 12.4 Å². The zero-order chi connectivity index (χ0) is 17.7. The first kappa shape index (κ1) is 17.7. The number of methoxy groups -OCH3 is 2. The van der Waals surface area contributed by atoms with Gasteiger partial charge in [0, 0.05) is 11.9 Å². The van der Waals surface area contributed by atoms with E-state index in [2.05, 4.69) is 35.8 Å². The van der Waals surface area contributed by atoms with Crippen LogP contribution in [0.4, 0.5) is 5.69 Å². The number of rotatable bonds is 5. The van der Waals surface area contributed by atoms with Crippen molar-refractivity contribution in [3.05, 3.63) is 46.2 Å². The van der Waals surface area contributed by atoms with E-state index in [4.69, 9.17) is 0 Å². The Balaban J connectivity index is 2.22. The molecule has 1 aromatic carbocycles. The van der Waals surface area contributed by atoms with Crippen LogP contribution < -0.4 is 5.32 Å². The van der Waals surface area contributed by atoms with E-state index in [0.29, 0.717) is 0 Å². The second kappa shape index (κ2) is 7.73. The van der Waals surface area contributed by atoms with Gasteiger partial charge in [-0.05, 0) is 34.1 Å². The molecule has 0 bridgehead atoms. The van der Waals surface area contributed by atoms with Gasteiger partial charge in [0.15, 0.2) is 0 Å². The standard InChI is InChI=1S/C15H14BrN3O5/c1-23-14(21)9-3-10(15(22)24-2)5-12(4-9)18-13(20)8-19-7-11(16)6-17-19/h3-7H,8H2,1-2H3,(H,18,20). The SMILES string of the molecule is COC(=O)c1cc(NC(=O)Cn2cc(Br)cn2)cc(C(=O)OC)c1. The Bertz CT molecular complexity index is 753. The minimum absolute atomic E-state index is 0.0262. The van der Waals surface area contributed by atoms with E-state index in [0.717, 1.165) is 4.47 Å². The van der Waals surface area contributed by atoms with Crippen LogP contribution in [0.25, 0.3) is 0 Å². The molecule has 1 heterocycles. The fraction of sp³-hybridized carbons (Fsp3) is 0.200. The van der Waals surface area contributed by atoms with Crippen LogP contribution >= 0.6 is 15.9 Å². The van der Waals surface area contributed by atoms with Gasteiger partial charge in [-0.15, -0.1) is 0 Å². The summed E-state index contributed by atoms with van der Waals surface area (Å²) in [5.41, 5.74) is 0.518. The lowest BCUT2D eigenvalue weighted by Gasteiger charge is -2.09. The van der Waals surface area contributed by atoms with Crippen molar-refractivity contribution in [1.82, 2.24) is 9.78 Å². The molecule has 0 spiro atoms. The van der Waals surface area contributed by atoms with E-state index in [-0.39, 0.29) is 29.3 Å².